The molecular formula is C22H28N2O5. The molecule has 7 nitrogen and oxygen atoms in total. The van der Waals surface area contributed by atoms with E-state index in [1.807, 2.05) is 30.3 Å². The Labute approximate surface area is 171 Å². The molecule has 7 heteroatoms. The maximum absolute atomic E-state index is 10.3. The molecule has 2 heterocycles. The number of benzene rings is 2. The summed E-state index contributed by atoms with van der Waals surface area (Å²) in [6.07, 6.45) is -0.503. The Morgan fingerprint density at radius 2 is 1.76 bits per heavy atom. The summed E-state index contributed by atoms with van der Waals surface area (Å²) in [6, 6.07) is 13.9. The van der Waals surface area contributed by atoms with Crippen LogP contribution in [0.15, 0.2) is 42.5 Å². The third-order valence-electron chi connectivity index (χ3n) is 5.29. The number of nitrogens with zero attached hydrogens (tertiary/aromatic N) is 2. The zero-order valence-corrected chi connectivity index (χ0v) is 16.8. The molecule has 4 rings (SSSR count). The van der Waals surface area contributed by atoms with E-state index in [0.29, 0.717) is 19.8 Å². The molecule has 2 aromatic rings. The van der Waals surface area contributed by atoms with Crippen molar-refractivity contribution in [3.63, 3.8) is 0 Å². The van der Waals surface area contributed by atoms with Crippen molar-refractivity contribution in [2.75, 3.05) is 58.1 Å². The van der Waals surface area contributed by atoms with Gasteiger partial charge in [0.25, 0.3) is 0 Å². The van der Waals surface area contributed by atoms with Gasteiger partial charge in [0.2, 0.25) is 6.79 Å². The fraction of sp³-hybridized carbons (Fsp3) is 0.455. The van der Waals surface area contributed by atoms with E-state index < -0.39 is 6.10 Å². The Hall–Kier alpha value is -2.48. The molecule has 2 aromatic carbocycles. The summed E-state index contributed by atoms with van der Waals surface area (Å²) in [5.41, 5.74) is 2.22. The summed E-state index contributed by atoms with van der Waals surface area (Å²) in [7, 11) is 1.68. The first-order valence-corrected chi connectivity index (χ1v) is 9.97. The monoisotopic (exact) mass is 400 g/mol. The first kappa shape index (κ1) is 19.8. The van der Waals surface area contributed by atoms with Gasteiger partial charge in [-0.05, 0) is 42.0 Å². The summed E-state index contributed by atoms with van der Waals surface area (Å²) < 4.78 is 21.6. The van der Waals surface area contributed by atoms with Crippen LogP contribution >= 0.6 is 0 Å². The molecule has 29 heavy (non-hydrogen) atoms. The predicted molar refractivity (Wildman–Crippen MR) is 110 cm³/mol. The maximum atomic E-state index is 10.3. The molecule has 0 radical (unpaired) electrons. The van der Waals surface area contributed by atoms with Gasteiger partial charge >= 0.3 is 0 Å². The second-order valence-corrected chi connectivity index (χ2v) is 7.34. The van der Waals surface area contributed by atoms with Crippen LogP contribution in [0.5, 0.6) is 17.2 Å². The zero-order valence-electron chi connectivity index (χ0n) is 16.8. The number of methoxy groups -OCH3 is 1. The van der Waals surface area contributed by atoms with E-state index in [1.54, 1.807) is 7.11 Å². The van der Waals surface area contributed by atoms with Gasteiger partial charge in [-0.2, -0.15) is 0 Å². The van der Waals surface area contributed by atoms with Gasteiger partial charge in [-0.3, -0.25) is 4.90 Å². The van der Waals surface area contributed by atoms with Gasteiger partial charge in [0.1, 0.15) is 5.75 Å². The van der Waals surface area contributed by atoms with Gasteiger partial charge in [0.05, 0.1) is 26.4 Å². The summed E-state index contributed by atoms with van der Waals surface area (Å²) in [5, 5.41) is 10.3. The van der Waals surface area contributed by atoms with Gasteiger partial charge in [0, 0.05) is 38.4 Å². The van der Waals surface area contributed by atoms with Crippen molar-refractivity contribution in [2.24, 2.45) is 0 Å². The molecule has 0 aromatic heterocycles. The van der Waals surface area contributed by atoms with Crippen molar-refractivity contribution in [2.45, 2.75) is 12.7 Å². The van der Waals surface area contributed by atoms with Crippen LogP contribution in [0, 0.1) is 0 Å². The minimum Gasteiger partial charge on any atom is -0.497 e. The van der Waals surface area contributed by atoms with Crippen LogP contribution in [0.3, 0.4) is 0 Å². The number of ether oxygens (including phenoxy) is 4. The number of hydrogen-bond acceptors (Lipinski definition) is 7. The standard InChI is InChI=1S/C22H28N2O5/c1-26-20-5-3-18(4-6-20)24-10-8-23(9-11-24)13-19(25)15-27-14-17-2-7-21-22(12-17)29-16-28-21/h2-7,12,19,25H,8-11,13-16H2,1H3. The summed E-state index contributed by atoms with van der Waals surface area (Å²) in [5.74, 6) is 2.39. The number of rotatable bonds is 8. The Kier molecular flexibility index (Phi) is 6.39. The predicted octanol–water partition coefficient (Wildman–Crippen LogP) is 2.12. The number of piperazine rings is 1. The fourth-order valence-electron chi connectivity index (χ4n) is 3.68. The zero-order chi connectivity index (χ0) is 20.1. The summed E-state index contributed by atoms with van der Waals surface area (Å²) in [4.78, 5) is 4.65. The lowest BCUT2D eigenvalue weighted by Gasteiger charge is -2.36. The lowest BCUT2D eigenvalue weighted by molar-refractivity contribution is 0.00911. The number of fused-ring (bicyclic) bond motifs is 1. The van der Waals surface area contributed by atoms with Crippen LogP contribution in [0.1, 0.15) is 5.56 Å². The van der Waals surface area contributed by atoms with Crippen molar-refractivity contribution < 1.29 is 24.1 Å². The molecule has 1 atom stereocenters. The molecule has 156 valence electrons. The molecule has 1 saturated heterocycles. The number of aliphatic hydroxyl groups excluding tert-OH is 1. The summed E-state index contributed by atoms with van der Waals surface area (Å²) >= 11 is 0. The lowest BCUT2D eigenvalue weighted by Crippen LogP contribution is -2.49. The Morgan fingerprint density at radius 3 is 2.52 bits per heavy atom. The number of anilines is 1. The smallest absolute Gasteiger partial charge is 0.231 e. The van der Waals surface area contributed by atoms with Gasteiger partial charge in [-0.25, -0.2) is 0 Å². The third kappa shape index (κ3) is 5.12. The molecular weight excluding hydrogens is 372 g/mol. The SMILES string of the molecule is COc1ccc(N2CCN(CC(O)COCc3ccc4c(c3)OCO4)CC2)cc1. The molecule has 1 unspecified atom stereocenters. The first-order valence-electron chi connectivity index (χ1n) is 9.97. The molecule has 1 fully saturated rings. The molecule has 0 amide bonds. The largest absolute Gasteiger partial charge is 0.497 e. The number of aliphatic hydroxyl groups is 1. The molecule has 0 spiro atoms. The highest BCUT2D eigenvalue weighted by atomic mass is 16.7. The quantitative estimate of drug-likeness (QED) is 0.728. The van der Waals surface area contributed by atoms with Gasteiger partial charge < -0.3 is 29.0 Å². The van der Waals surface area contributed by atoms with Crippen LogP contribution in [0.25, 0.3) is 0 Å². The van der Waals surface area contributed by atoms with Crippen molar-refractivity contribution in [3.8, 4) is 17.2 Å². The van der Waals surface area contributed by atoms with Crippen LogP contribution in [0.4, 0.5) is 5.69 Å². The lowest BCUT2D eigenvalue weighted by atomic mass is 10.2. The minimum absolute atomic E-state index is 0.268. The fourth-order valence-corrected chi connectivity index (χ4v) is 3.68. The second-order valence-electron chi connectivity index (χ2n) is 7.34. The van der Waals surface area contributed by atoms with Crippen molar-refractivity contribution >= 4 is 5.69 Å². The average molecular weight is 400 g/mol. The van der Waals surface area contributed by atoms with E-state index in [-0.39, 0.29) is 6.79 Å². The first-order chi connectivity index (χ1) is 14.2. The highest BCUT2D eigenvalue weighted by Crippen LogP contribution is 2.32. The van der Waals surface area contributed by atoms with Crippen molar-refractivity contribution in [1.29, 1.82) is 0 Å². The molecule has 0 saturated carbocycles. The molecule has 0 bridgehead atoms. The Morgan fingerprint density at radius 1 is 1.00 bits per heavy atom. The van der Waals surface area contributed by atoms with Crippen molar-refractivity contribution in [1.82, 2.24) is 4.90 Å². The Balaban J connectivity index is 1.16. The number of hydrogen-bond donors (Lipinski definition) is 1. The van der Waals surface area contributed by atoms with E-state index in [4.69, 9.17) is 18.9 Å². The normalized spacial score (nSPS) is 17.4. The van der Waals surface area contributed by atoms with E-state index in [9.17, 15) is 5.11 Å². The topological polar surface area (TPSA) is 63.6 Å². The summed E-state index contributed by atoms with van der Waals surface area (Å²) in [6.45, 7) is 5.37. The Bertz CT molecular complexity index is 790. The van der Waals surface area contributed by atoms with Gasteiger partial charge in [0.15, 0.2) is 11.5 Å². The molecule has 0 aliphatic carbocycles. The van der Waals surface area contributed by atoms with E-state index >= 15 is 0 Å². The molecule has 2 aliphatic heterocycles. The highest BCUT2D eigenvalue weighted by Gasteiger charge is 2.20. The number of β-amino-alcohol motifs (C(OH)–C–C–N with tert-alkyl or cyclic N) is 1. The average Bonchev–Trinajstić information content (AvgIpc) is 3.22. The van der Waals surface area contributed by atoms with Crippen LogP contribution in [0.2, 0.25) is 0 Å². The highest BCUT2D eigenvalue weighted by molar-refractivity contribution is 5.49. The van der Waals surface area contributed by atoms with Crippen molar-refractivity contribution in [3.05, 3.63) is 48.0 Å². The molecule has 2 aliphatic rings. The van der Waals surface area contributed by atoms with Crippen LogP contribution in [-0.4, -0.2) is 69.3 Å². The van der Waals surface area contributed by atoms with Crippen LogP contribution < -0.4 is 19.1 Å². The maximum Gasteiger partial charge on any atom is 0.231 e. The third-order valence-corrected chi connectivity index (χ3v) is 5.29. The van der Waals surface area contributed by atoms with E-state index in [2.05, 4.69) is 21.9 Å². The minimum atomic E-state index is -0.503. The van der Waals surface area contributed by atoms with Crippen LogP contribution in [-0.2, 0) is 11.3 Å². The second kappa shape index (κ2) is 9.35. The molecule has 1 N–H and O–H groups in total. The van der Waals surface area contributed by atoms with E-state index in [1.165, 1.54) is 5.69 Å². The van der Waals surface area contributed by atoms with Gasteiger partial charge in [-0.1, -0.05) is 6.07 Å². The van der Waals surface area contributed by atoms with E-state index in [0.717, 1.165) is 49.0 Å². The van der Waals surface area contributed by atoms with Gasteiger partial charge in [-0.15, -0.1) is 0 Å².